The molecule has 0 amide bonds. The van der Waals surface area contributed by atoms with E-state index in [9.17, 15) is 0 Å². The number of hydrogen-bond acceptors (Lipinski definition) is 2. The van der Waals surface area contributed by atoms with Crippen molar-refractivity contribution >= 4 is 0 Å². The Bertz CT molecular complexity index is 149. The van der Waals surface area contributed by atoms with Gasteiger partial charge in [0.15, 0.2) is 0 Å². The maximum absolute atomic E-state index is 5.91. The second-order valence-corrected chi connectivity index (χ2v) is 3.41. The Hall–Kier alpha value is -0.520. The molecule has 0 aliphatic heterocycles. The SMILES string of the molecule is C#CCN(CC)CCC(N)CCC. The molecule has 0 bridgehead atoms. The molecule has 0 saturated carbocycles. The van der Waals surface area contributed by atoms with Crippen LogP contribution in [0.4, 0.5) is 0 Å². The van der Waals surface area contributed by atoms with E-state index in [1.165, 1.54) is 6.42 Å². The van der Waals surface area contributed by atoms with E-state index in [1.54, 1.807) is 0 Å². The largest absolute Gasteiger partial charge is 0.328 e. The summed E-state index contributed by atoms with van der Waals surface area (Å²) in [5.41, 5.74) is 5.91. The zero-order chi connectivity index (χ0) is 10.1. The van der Waals surface area contributed by atoms with Crippen molar-refractivity contribution in [3.8, 4) is 12.3 Å². The van der Waals surface area contributed by atoms with Gasteiger partial charge in [-0.2, -0.15) is 0 Å². The lowest BCUT2D eigenvalue weighted by Gasteiger charge is -2.19. The Balaban J connectivity index is 3.53. The first kappa shape index (κ1) is 12.5. The minimum Gasteiger partial charge on any atom is -0.328 e. The van der Waals surface area contributed by atoms with Crippen molar-refractivity contribution in [2.45, 2.75) is 39.2 Å². The van der Waals surface area contributed by atoms with Crippen LogP contribution in [-0.2, 0) is 0 Å². The van der Waals surface area contributed by atoms with Crippen molar-refractivity contribution in [1.82, 2.24) is 4.90 Å². The molecule has 0 saturated heterocycles. The highest BCUT2D eigenvalue weighted by Gasteiger charge is 2.04. The first-order chi connectivity index (χ1) is 6.24. The average molecular weight is 182 g/mol. The van der Waals surface area contributed by atoms with Crippen LogP contribution in [0.1, 0.15) is 33.1 Å². The number of nitrogens with two attached hydrogens (primary N) is 1. The minimum absolute atomic E-state index is 0.344. The summed E-state index contributed by atoms with van der Waals surface area (Å²) in [5, 5.41) is 0. The topological polar surface area (TPSA) is 29.3 Å². The van der Waals surface area contributed by atoms with Gasteiger partial charge in [-0.3, -0.25) is 4.90 Å². The van der Waals surface area contributed by atoms with Gasteiger partial charge in [-0.1, -0.05) is 26.2 Å². The van der Waals surface area contributed by atoms with Gasteiger partial charge >= 0.3 is 0 Å². The van der Waals surface area contributed by atoms with E-state index in [1.807, 2.05) is 0 Å². The third kappa shape index (κ3) is 6.62. The lowest BCUT2D eigenvalue weighted by molar-refractivity contribution is 0.305. The second kappa shape index (κ2) is 8.10. The molecule has 0 spiro atoms. The molecule has 0 aromatic carbocycles. The lowest BCUT2D eigenvalue weighted by atomic mass is 10.1. The zero-order valence-corrected chi connectivity index (χ0v) is 8.92. The molecule has 1 atom stereocenters. The first-order valence-electron chi connectivity index (χ1n) is 5.15. The van der Waals surface area contributed by atoms with Crippen LogP contribution in [0.15, 0.2) is 0 Å². The molecular formula is C11H22N2. The summed E-state index contributed by atoms with van der Waals surface area (Å²) in [6, 6.07) is 0.344. The Morgan fingerprint density at radius 2 is 2.08 bits per heavy atom. The summed E-state index contributed by atoms with van der Waals surface area (Å²) in [6.45, 7) is 7.09. The molecule has 0 fully saturated rings. The third-order valence-electron chi connectivity index (χ3n) is 2.24. The van der Waals surface area contributed by atoms with Crippen molar-refractivity contribution in [2.75, 3.05) is 19.6 Å². The average Bonchev–Trinajstić information content (AvgIpc) is 2.12. The summed E-state index contributed by atoms with van der Waals surface area (Å²) in [6.07, 6.45) is 8.59. The fraction of sp³-hybridized carbons (Fsp3) is 0.818. The van der Waals surface area contributed by atoms with Crippen molar-refractivity contribution in [3.63, 3.8) is 0 Å². The Kier molecular flexibility index (Phi) is 7.77. The van der Waals surface area contributed by atoms with Gasteiger partial charge in [-0.25, -0.2) is 0 Å². The molecule has 0 aromatic rings. The summed E-state index contributed by atoms with van der Waals surface area (Å²) < 4.78 is 0. The van der Waals surface area contributed by atoms with Gasteiger partial charge in [0.25, 0.3) is 0 Å². The summed E-state index contributed by atoms with van der Waals surface area (Å²) in [5.74, 6) is 2.66. The van der Waals surface area contributed by atoms with Crippen LogP contribution in [0.2, 0.25) is 0 Å². The van der Waals surface area contributed by atoms with Crippen LogP contribution in [0.5, 0.6) is 0 Å². The van der Waals surface area contributed by atoms with Crippen LogP contribution >= 0.6 is 0 Å². The van der Waals surface area contributed by atoms with Crippen LogP contribution in [0, 0.1) is 12.3 Å². The molecule has 2 heteroatoms. The molecule has 13 heavy (non-hydrogen) atoms. The van der Waals surface area contributed by atoms with Gasteiger partial charge in [-0.05, 0) is 19.4 Å². The van der Waals surface area contributed by atoms with Crippen molar-refractivity contribution < 1.29 is 0 Å². The number of rotatable bonds is 7. The Labute approximate surface area is 82.5 Å². The minimum atomic E-state index is 0.344. The number of nitrogens with zero attached hydrogens (tertiary/aromatic N) is 1. The predicted octanol–water partition coefficient (Wildman–Crippen LogP) is 1.46. The van der Waals surface area contributed by atoms with Gasteiger partial charge in [0, 0.05) is 12.6 Å². The van der Waals surface area contributed by atoms with Gasteiger partial charge < -0.3 is 5.73 Å². The fourth-order valence-electron chi connectivity index (χ4n) is 1.34. The normalized spacial score (nSPS) is 12.8. The van der Waals surface area contributed by atoms with Gasteiger partial charge in [0.05, 0.1) is 6.54 Å². The molecule has 0 aliphatic rings. The Morgan fingerprint density at radius 3 is 2.54 bits per heavy atom. The van der Waals surface area contributed by atoms with Crippen LogP contribution in [0.25, 0.3) is 0 Å². The second-order valence-electron chi connectivity index (χ2n) is 3.41. The van der Waals surface area contributed by atoms with E-state index >= 15 is 0 Å². The van der Waals surface area contributed by atoms with Crippen LogP contribution < -0.4 is 5.73 Å². The smallest absolute Gasteiger partial charge is 0.0598 e. The number of terminal acetylenes is 1. The van der Waals surface area contributed by atoms with Gasteiger partial charge in [0.1, 0.15) is 0 Å². The molecule has 0 aromatic heterocycles. The summed E-state index contributed by atoms with van der Waals surface area (Å²) in [4.78, 5) is 2.25. The maximum atomic E-state index is 5.91. The Morgan fingerprint density at radius 1 is 1.38 bits per heavy atom. The molecule has 76 valence electrons. The first-order valence-corrected chi connectivity index (χ1v) is 5.15. The molecule has 0 radical (unpaired) electrons. The monoisotopic (exact) mass is 182 g/mol. The quantitative estimate of drug-likeness (QED) is 0.604. The van der Waals surface area contributed by atoms with Crippen LogP contribution in [-0.4, -0.2) is 30.6 Å². The maximum Gasteiger partial charge on any atom is 0.0598 e. The molecule has 2 nitrogen and oxygen atoms in total. The highest BCUT2D eigenvalue weighted by molar-refractivity contribution is 4.88. The van der Waals surface area contributed by atoms with E-state index in [4.69, 9.17) is 12.2 Å². The van der Waals surface area contributed by atoms with Crippen LogP contribution in [0.3, 0.4) is 0 Å². The van der Waals surface area contributed by atoms with E-state index in [0.29, 0.717) is 6.04 Å². The third-order valence-corrected chi connectivity index (χ3v) is 2.24. The zero-order valence-electron chi connectivity index (χ0n) is 8.92. The van der Waals surface area contributed by atoms with E-state index in [-0.39, 0.29) is 0 Å². The molecule has 0 aliphatic carbocycles. The molecule has 0 rings (SSSR count). The summed E-state index contributed by atoms with van der Waals surface area (Å²) in [7, 11) is 0. The standard InChI is InChI=1S/C11H22N2/c1-4-7-11(12)8-10-13(6-3)9-5-2/h2,11H,4,6-10,12H2,1,3H3. The van der Waals surface area contributed by atoms with Crippen molar-refractivity contribution in [1.29, 1.82) is 0 Å². The predicted molar refractivity (Wildman–Crippen MR) is 58.4 cm³/mol. The van der Waals surface area contributed by atoms with Gasteiger partial charge in [0.2, 0.25) is 0 Å². The lowest BCUT2D eigenvalue weighted by Crippen LogP contribution is -2.30. The molecular weight excluding hydrogens is 160 g/mol. The fourth-order valence-corrected chi connectivity index (χ4v) is 1.34. The molecule has 2 N–H and O–H groups in total. The van der Waals surface area contributed by atoms with Crippen molar-refractivity contribution in [2.24, 2.45) is 5.73 Å². The molecule has 1 unspecified atom stereocenters. The van der Waals surface area contributed by atoms with Crippen molar-refractivity contribution in [3.05, 3.63) is 0 Å². The summed E-state index contributed by atoms with van der Waals surface area (Å²) >= 11 is 0. The van der Waals surface area contributed by atoms with E-state index in [0.717, 1.165) is 32.5 Å². The van der Waals surface area contributed by atoms with E-state index in [2.05, 4.69) is 24.7 Å². The molecule has 0 heterocycles. The highest BCUT2D eigenvalue weighted by Crippen LogP contribution is 2.00. The van der Waals surface area contributed by atoms with Gasteiger partial charge in [-0.15, -0.1) is 6.42 Å². The number of hydrogen-bond donors (Lipinski definition) is 1. The van der Waals surface area contributed by atoms with E-state index < -0.39 is 0 Å². The highest BCUT2D eigenvalue weighted by atomic mass is 15.1.